The van der Waals surface area contributed by atoms with Crippen molar-refractivity contribution in [2.75, 3.05) is 0 Å². The summed E-state index contributed by atoms with van der Waals surface area (Å²) >= 11 is 0. The van der Waals surface area contributed by atoms with Crippen LogP contribution in [-0.2, 0) is 0 Å². The zero-order valence-corrected chi connectivity index (χ0v) is 20.8. The number of hydrogen-bond acceptors (Lipinski definition) is 0. The Bertz CT molecular complexity index is 391. The van der Waals surface area contributed by atoms with Crippen molar-refractivity contribution in [2.24, 2.45) is 0 Å². The minimum absolute atomic E-state index is 0. The van der Waals surface area contributed by atoms with E-state index in [1.165, 1.54) is 115 Å². The van der Waals surface area contributed by atoms with Crippen LogP contribution in [0, 0.1) is 6.08 Å². The summed E-state index contributed by atoms with van der Waals surface area (Å²) < 4.78 is 0. The van der Waals surface area contributed by atoms with E-state index in [1.54, 1.807) is 5.57 Å². The molecule has 0 aliphatic heterocycles. The van der Waals surface area contributed by atoms with Crippen LogP contribution >= 0.6 is 0 Å². The van der Waals surface area contributed by atoms with Gasteiger partial charge in [0.25, 0.3) is 0 Å². The van der Waals surface area contributed by atoms with E-state index in [-0.39, 0.29) is 29.6 Å². The van der Waals surface area contributed by atoms with Gasteiger partial charge in [0, 0.05) is 0 Å². The van der Waals surface area contributed by atoms with Crippen LogP contribution in [0.3, 0.4) is 0 Å². The first-order valence-corrected chi connectivity index (χ1v) is 11.8. The molecule has 1 rings (SSSR count). The summed E-state index contributed by atoms with van der Waals surface area (Å²) in [4.78, 5) is 0. The second kappa shape index (κ2) is 20.9. The summed E-state index contributed by atoms with van der Waals surface area (Å²) in [5, 5.41) is 0. The van der Waals surface area contributed by atoms with Gasteiger partial charge < -0.3 is 0 Å². The van der Waals surface area contributed by atoms with Crippen LogP contribution in [0.2, 0.25) is 0 Å². The Balaban J connectivity index is 0.00000676. The normalized spacial score (nSPS) is 13.2. The van der Waals surface area contributed by atoms with Crippen LogP contribution in [0.1, 0.15) is 129 Å². The Morgan fingerprint density at radius 1 is 0.778 bits per heavy atom. The molecule has 0 saturated carbocycles. The molecule has 0 bridgehead atoms. The van der Waals surface area contributed by atoms with E-state index in [0.29, 0.717) is 0 Å². The van der Waals surface area contributed by atoms with Crippen LogP contribution in [0.15, 0.2) is 29.9 Å². The van der Waals surface area contributed by atoms with Gasteiger partial charge in [0.15, 0.2) is 0 Å². The van der Waals surface area contributed by atoms with Gasteiger partial charge in [-0.2, -0.15) is 11.6 Å². The molecule has 1 heteroatoms. The molecule has 0 aromatic heterocycles. The van der Waals surface area contributed by atoms with Gasteiger partial charge >= 0.3 is 29.6 Å². The van der Waals surface area contributed by atoms with E-state index in [4.69, 9.17) is 0 Å². The van der Waals surface area contributed by atoms with Crippen molar-refractivity contribution in [2.45, 2.75) is 129 Å². The average Bonchev–Trinajstić information content (AvgIpc) is 3.09. The third kappa shape index (κ3) is 15.8. The van der Waals surface area contributed by atoms with Crippen LogP contribution in [-0.4, -0.2) is 0 Å². The molecule has 0 N–H and O–H groups in total. The summed E-state index contributed by atoms with van der Waals surface area (Å²) in [6, 6.07) is 0. The molecule has 0 radical (unpaired) electrons. The fraction of sp³-hybridized carbons (Fsp3) is 0.769. The van der Waals surface area contributed by atoms with Gasteiger partial charge in [-0.1, -0.05) is 122 Å². The predicted octanol–water partition coefficient (Wildman–Crippen LogP) is 6.28. The van der Waals surface area contributed by atoms with Crippen molar-refractivity contribution in [3.63, 3.8) is 0 Å². The largest absolute Gasteiger partial charge is 1.00 e. The summed E-state index contributed by atoms with van der Waals surface area (Å²) in [5.41, 5.74) is 2.97. The number of rotatable bonds is 19. The van der Waals surface area contributed by atoms with Crippen molar-refractivity contribution < 1.29 is 29.6 Å². The maximum Gasteiger partial charge on any atom is 1.00 e. The Kier molecular flexibility index (Phi) is 21.1. The molecule has 0 amide bonds. The van der Waals surface area contributed by atoms with Gasteiger partial charge in [-0.05, 0) is 6.42 Å². The van der Waals surface area contributed by atoms with E-state index < -0.39 is 0 Å². The molecule has 1 aliphatic carbocycles. The Labute approximate surface area is 193 Å². The van der Waals surface area contributed by atoms with Crippen LogP contribution < -0.4 is 29.6 Å². The van der Waals surface area contributed by atoms with Gasteiger partial charge in [0.05, 0.1) is 0 Å². The molecule has 0 aromatic carbocycles. The van der Waals surface area contributed by atoms with Crippen molar-refractivity contribution in [1.82, 2.24) is 0 Å². The molecule has 150 valence electrons. The fourth-order valence-electron chi connectivity index (χ4n) is 4.00. The van der Waals surface area contributed by atoms with Gasteiger partial charge in [0.1, 0.15) is 0 Å². The van der Waals surface area contributed by atoms with E-state index in [0.717, 1.165) is 12.8 Å². The standard InChI is InChI=1S/C26H45.Na/c1-3-5-6-7-8-9-10-11-12-13-14-15-16-17-18-19-22-26-24-20-23-25(26)21-4-2;/h4,24H,2-3,5-22H2,1H3;/q-1;+1. The first-order chi connectivity index (χ1) is 12.9. The molecular weight excluding hydrogens is 335 g/mol. The predicted molar refractivity (Wildman–Crippen MR) is 118 cm³/mol. The van der Waals surface area contributed by atoms with E-state index in [2.05, 4.69) is 25.7 Å². The third-order valence-corrected chi connectivity index (χ3v) is 5.70. The maximum absolute atomic E-state index is 3.85. The molecule has 0 heterocycles. The number of hydrogen-bond donors (Lipinski definition) is 0. The summed E-state index contributed by atoms with van der Waals surface area (Å²) in [6.45, 7) is 6.15. The molecule has 27 heavy (non-hydrogen) atoms. The molecule has 0 nitrogen and oxygen atoms in total. The van der Waals surface area contributed by atoms with Crippen LogP contribution in [0.25, 0.3) is 0 Å². The van der Waals surface area contributed by atoms with Crippen LogP contribution in [0.4, 0.5) is 0 Å². The number of allylic oxidation sites excluding steroid dienone is 5. The fourth-order valence-corrected chi connectivity index (χ4v) is 4.00. The Hall–Kier alpha value is 0.220. The molecule has 1 aliphatic rings. The smallest absolute Gasteiger partial charge is 0.269 e. The molecule has 0 atom stereocenters. The van der Waals surface area contributed by atoms with Crippen molar-refractivity contribution >= 4 is 0 Å². The summed E-state index contributed by atoms with van der Waals surface area (Å²) in [6.07, 6.45) is 34.2. The quantitative estimate of drug-likeness (QED) is 0.107. The summed E-state index contributed by atoms with van der Waals surface area (Å²) in [5.74, 6) is 0. The minimum atomic E-state index is 0. The molecule has 0 saturated heterocycles. The molecule has 0 unspecified atom stereocenters. The zero-order valence-electron chi connectivity index (χ0n) is 18.8. The molecule has 0 fully saturated rings. The topological polar surface area (TPSA) is 0 Å². The van der Waals surface area contributed by atoms with Crippen LogP contribution in [0.5, 0.6) is 0 Å². The second-order valence-electron chi connectivity index (χ2n) is 8.13. The molecule has 0 aromatic rings. The van der Waals surface area contributed by atoms with Gasteiger partial charge in [-0.25, -0.2) is 5.57 Å². The summed E-state index contributed by atoms with van der Waals surface area (Å²) in [7, 11) is 0. The number of unbranched alkanes of at least 4 members (excludes halogenated alkanes) is 15. The first kappa shape index (κ1) is 27.2. The monoisotopic (exact) mass is 380 g/mol. The van der Waals surface area contributed by atoms with Gasteiger partial charge in [-0.15, -0.1) is 13.0 Å². The molecule has 0 spiro atoms. The SMILES string of the molecule is C=CCC1=[C-]CC=C1CCCCCCCCCCCCCCCCCC.[Na+]. The average molecular weight is 381 g/mol. The zero-order chi connectivity index (χ0) is 18.7. The minimum Gasteiger partial charge on any atom is -0.269 e. The Morgan fingerprint density at radius 2 is 1.22 bits per heavy atom. The second-order valence-corrected chi connectivity index (χ2v) is 8.13. The van der Waals surface area contributed by atoms with Crippen molar-refractivity contribution in [3.05, 3.63) is 36.0 Å². The Morgan fingerprint density at radius 3 is 1.67 bits per heavy atom. The molecular formula is C26H45Na. The van der Waals surface area contributed by atoms with Gasteiger partial charge in [0.2, 0.25) is 0 Å². The first-order valence-electron chi connectivity index (χ1n) is 11.8. The third-order valence-electron chi connectivity index (χ3n) is 5.70. The van der Waals surface area contributed by atoms with E-state index in [9.17, 15) is 0 Å². The van der Waals surface area contributed by atoms with E-state index in [1.807, 2.05) is 6.08 Å². The van der Waals surface area contributed by atoms with Gasteiger partial charge in [-0.3, -0.25) is 6.08 Å². The van der Waals surface area contributed by atoms with E-state index >= 15 is 0 Å². The van der Waals surface area contributed by atoms with Crippen molar-refractivity contribution in [1.29, 1.82) is 0 Å². The maximum atomic E-state index is 3.85. The van der Waals surface area contributed by atoms with Crippen molar-refractivity contribution in [3.8, 4) is 0 Å².